The predicted octanol–water partition coefficient (Wildman–Crippen LogP) is 1.48. The number of benzene rings is 1. The van der Waals surface area contributed by atoms with E-state index in [1.54, 1.807) is 0 Å². The third kappa shape index (κ3) is 4.64. The van der Waals surface area contributed by atoms with Gasteiger partial charge in [0.2, 0.25) is 5.91 Å². The number of aryl methyl sites for hydroxylation is 2. The van der Waals surface area contributed by atoms with Gasteiger partial charge < -0.3 is 10.4 Å². The van der Waals surface area contributed by atoms with E-state index in [9.17, 15) is 9.00 Å². The van der Waals surface area contributed by atoms with Crippen molar-refractivity contribution in [3.8, 4) is 0 Å². The zero-order valence-corrected chi connectivity index (χ0v) is 13.2. The van der Waals surface area contributed by atoms with Crippen LogP contribution in [0.1, 0.15) is 42.5 Å². The first-order valence-electron chi connectivity index (χ1n) is 7.47. The van der Waals surface area contributed by atoms with E-state index in [2.05, 4.69) is 23.5 Å². The highest BCUT2D eigenvalue weighted by Gasteiger charge is 2.15. The molecule has 0 bridgehead atoms. The fourth-order valence-corrected chi connectivity index (χ4v) is 3.43. The van der Waals surface area contributed by atoms with E-state index in [4.69, 9.17) is 5.11 Å². The normalized spacial score (nSPS) is 16.9. The van der Waals surface area contributed by atoms with Gasteiger partial charge in [-0.3, -0.25) is 9.00 Å². The Morgan fingerprint density at radius 1 is 1.33 bits per heavy atom. The van der Waals surface area contributed by atoms with Crippen LogP contribution >= 0.6 is 0 Å². The molecule has 1 aliphatic carbocycles. The summed E-state index contributed by atoms with van der Waals surface area (Å²) in [7, 11) is -1.29. The summed E-state index contributed by atoms with van der Waals surface area (Å²) in [6.07, 6.45) is 4.76. The van der Waals surface area contributed by atoms with E-state index < -0.39 is 10.8 Å². The smallest absolute Gasteiger partial charge is 0.233 e. The second-order valence-electron chi connectivity index (χ2n) is 5.54. The minimum atomic E-state index is -1.29. The lowest BCUT2D eigenvalue weighted by Crippen LogP contribution is -2.31. The molecule has 0 spiro atoms. The number of rotatable bonds is 6. The van der Waals surface area contributed by atoms with Crippen molar-refractivity contribution in [3.05, 3.63) is 34.9 Å². The highest BCUT2D eigenvalue weighted by atomic mass is 32.2. The zero-order valence-electron chi connectivity index (χ0n) is 12.4. The van der Waals surface area contributed by atoms with E-state index in [0.717, 1.165) is 18.4 Å². The van der Waals surface area contributed by atoms with Gasteiger partial charge in [0.05, 0.1) is 12.6 Å². The van der Waals surface area contributed by atoms with Crippen LogP contribution in [0.4, 0.5) is 0 Å². The van der Waals surface area contributed by atoms with Gasteiger partial charge in [0, 0.05) is 16.6 Å². The minimum absolute atomic E-state index is 0.0458. The lowest BCUT2D eigenvalue weighted by molar-refractivity contribution is -0.119. The topological polar surface area (TPSA) is 66.4 Å². The van der Waals surface area contributed by atoms with Crippen molar-refractivity contribution in [2.45, 2.75) is 38.6 Å². The molecular weight excluding hydrogens is 286 g/mol. The van der Waals surface area contributed by atoms with Crippen molar-refractivity contribution in [1.82, 2.24) is 5.32 Å². The first-order valence-corrected chi connectivity index (χ1v) is 8.96. The molecule has 0 fully saturated rings. The lowest BCUT2D eigenvalue weighted by Gasteiger charge is -2.20. The molecule has 1 aromatic rings. The van der Waals surface area contributed by atoms with Gasteiger partial charge in [0.25, 0.3) is 0 Å². The Balaban J connectivity index is 1.95. The van der Waals surface area contributed by atoms with Gasteiger partial charge in [-0.1, -0.05) is 18.2 Å². The lowest BCUT2D eigenvalue weighted by atomic mass is 9.89. The van der Waals surface area contributed by atoms with Gasteiger partial charge in [0.1, 0.15) is 5.75 Å². The Morgan fingerprint density at radius 2 is 2.05 bits per heavy atom. The first-order chi connectivity index (χ1) is 10.1. The molecule has 0 aliphatic heterocycles. The predicted molar refractivity (Wildman–Crippen MR) is 84.6 cm³/mol. The van der Waals surface area contributed by atoms with Gasteiger partial charge in [-0.05, 0) is 49.3 Å². The SMILES string of the molecule is C[C@H](NC(=O)C[S@](=O)CCO)c1ccc2c(c1)CCCC2. The van der Waals surface area contributed by atoms with Crippen LogP contribution in [0.2, 0.25) is 0 Å². The molecule has 0 unspecified atom stereocenters. The standard InChI is InChI=1S/C16H23NO3S/c1-12(17-16(19)11-21(20)9-8-18)14-7-6-13-4-2-3-5-15(13)10-14/h6-7,10,12,18H,2-5,8-9,11H2,1H3,(H,17,19)/t12-,21+/m0/s1. The number of aliphatic hydroxyl groups is 1. The van der Waals surface area contributed by atoms with Crippen molar-refractivity contribution < 1.29 is 14.1 Å². The van der Waals surface area contributed by atoms with E-state index >= 15 is 0 Å². The van der Waals surface area contributed by atoms with Crippen molar-refractivity contribution in [1.29, 1.82) is 0 Å². The Kier molecular flexibility index (Phi) is 5.94. The summed E-state index contributed by atoms with van der Waals surface area (Å²) in [4.78, 5) is 11.8. The van der Waals surface area contributed by atoms with E-state index in [1.807, 2.05) is 6.92 Å². The Morgan fingerprint density at radius 3 is 2.76 bits per heavy atom. The van der Waals surface area contributed by atoms with Gasteiger partial charge in [-0.15, -0.1) is 0 Å². The molecule has 0 saturated heterocycles. The fourth-order valence-electron chi connectivity index (χ4n) is 2.71. The highest BCUT2D eigenvalue weighted by molar-refractivity contribution is 7.85. The van der Waals surface area contributed by atoms with E-state index in [1.165, 1.54) is 24.0 Å². The number of hydrogen-bond donors (Lipinski definition) is 2. The van der Waals surface area contributed by atoms with Crippen molar-refractivity contribution in [2.75, 3.05) is 18.1 Å². The monoisotopic (exact) mass is 309 g/mol. The maximum Gasteiger partial charge on any atom is 0.233 e. The fraction of sp³-hybridized carbons (Fsp3) is 0.562. The molecule has 4 nitrogen and oxygen atoms in total. The number of nitrogens with one attached hydrogen (secondary N) is 1. The summed E-state index contributed by atoms with van der Waals surface area (Å²) >= 11 is 0. The van der Waals surface area contributed by atoms with Gasteiger partial charge in [0.15, 0.2) is 0 Å². The van der Waals surface area contributed by atoms with Crippen LogP contribution in [-0.2, 0) is 28.4 Å². The summed E-state index contributed by atoms with van der Waals surface area (Å²) in [6, 6.07) is 6.33. The zero-order chi connectivity index (χ0) is 15.2. The van der Waals surface area contributed by atoms with E-state index in [-0.39, 0.29) is 30.1 Å². The molecule has 1 amide bonds. The number of hydrogen-bond acceptors (Lipinski definition) is 3. The molecule has 2 rings (SSSR count). The van der Waals surface area contributed by atoms with Gasteiger partial charge in [-0.2, -0.15) is 0 Å². The molecule has 2 N–H and O–H groups in total. The van der Waals surface area contributed by atoms with Crippen LogP contribution in [0, 0.1) is 0 Å². The number of amides is 1. The molecule has 5 heteroatoms. The summed E-state index contributed by atoms with van der Waals surface area (Å²) < 4.78 is 11.5. The molecule has 2 atom stereocenters. The van der Waals surface area contributed by atoms with Crippen LogP contribution in [0.15, 0.2) is 18.2 Å². The number of carbonyl (C=O) groups excluding carboxylic acids is 1. The largest absolute Gasteiger partial charge is 0.395 e. The Labute approximate surface area is 128 Å². The highest BCUT2D eigenvalue weighted by Crippen LogP contribution is 2.24. The van der Waals surface area contributed by atoms with E-state index in [0.29, 0.717) is 0 Å². The number of aliphatic hydroxyl groups excluding tert-OH is 1. The van der Waals surface area contributed by atoms with Crippen molar-refractivity contribution in [3.63, 3.8) is 0 Å². The quantitative estimate of drug-likeness (QED) is 0.836. The second kappa shape index (κ2) is 7.71. The third-order valence-corrected chi connectivity index (χ3v) is 5.08. The molecule has 0 heterocycles. The summed E-state index contributed by atoms with van der Waals surface area (Å²) in [5.41, 5.74) is 3.91. The van der Waals surface area contributed by atoms with Crippen LogP contribution in [0.5, 0.6) is 0 Å². The van der Waals surface area contributed by atoms with Crippen LogP contribution in [0.25, 0.3) is 0 Å². The first kappa shape index (κ1) is 16.2. The molecule has 0 aromatic heterocycles. The molecule has 1 aliphatic rings. The number of fused-ring (bicyclic) bond motifs is 1. The Bertz CT molecular complexity index is 530. The van der Waals surface area contributed by atoms with Gasteiger partial charge >= 0.3 is 0 Å². The summed E-state index contributed by atoms with van der Waals surface area (Å²) in [5, 5.41) is 11.6. The average molecular weight is 309 g/mol. The molecule has 116 valence electrons. The molecule has 1 aromatic carbocycles. The third-order valence-electron chi connectivity index (χ3n) is 3.86. The maximum atomic E-state index is 11.8. The van der Waals surface area contributed by atoms with Crippen LogP contribution in [-0.4, -0.2) is 33.3 Å². The summed E-state index contributed by atoms with van der Waals surface area (Å²) in [6.45, 7) is 1.79. The minimum Gasteiger partial charge on any atom is -0.395 e. The molecule has 21 heavy (non-hydrogen) atoms. The molecule has 0 radical (unpaired) electrons. The second-order valence-corrected chi connectivity index (χ2v) is 7.11. The molecule has 0 saturated carbocycles. The summed E-state index contributed by atoms with van der Waals surface area (Å²) in [5.74, 6) is -0.122. The van der Waals surface area contributed by atoms with Crippen LogP contribution < -0.4 is 5.32 Å². The Hall–Kier alpha value is -1.20. The van der Waals surface area contributed by atoms with Crippen molar-refractivity contribution in [2.24, 2.45) is 0 Å². The van der Waals surface area contributed by atoms with Crippen LogP contribution in [0.3, 0.4) is 0 Å². The molecular formula is C16H23NO3S. The van der Waals surface area contributed by atoms with Crippen molar-refractivity contribution >= 4 is 16.7 Å². The number of carbonyl (C=O) groups is 1. The average Bonchev–Trinajstić information content (AvgIpc) is 2.46. The van der Waals surface area contributed by atoms with Gasteiger partial charge in [-0.25, -0.2) is 0 Å². The maximum absolute atomic E-state index is 11.8.